The van der Waals surface area contributed by atoms with Crippen molar-refractivity contribution < 1.29 is 24.9 Å². The fourth-order valence-corrected chi connectivity index (χ4v) is 8.47. The van der Waals surface area contributed by atoms with Gasteiger partial charge in [-0.2, -0.15) is 0 Å². The van der Waals surface area contributed by atoms with E-state index in [0.717, 1.165) is 50.5 Å². The molecule has 0 aromatic carbocycles. The van der Waals surface area contributed by atoms with Gasteiger partial charge in [-0.15, -0.1) is 0 Å². The molecule has 1 aliphatic heterocycles. The largest absolute Gasteiger partial charge is 0.458 e. The van der Waals surface area contributed by atoms with Crippen LogP contribution in [0.15, 0.2) is 11.6 Å². The number of esters is 1. The highest BCUT2D eigenvalue weighted by molar-refractivity contribution is 5.85. The summed E-state index contributed by atoms with van der Waals surface area (Å²) < 4.78 is 5.14. The lowest BCUT2D eigenvalue weighted by Crippen LogP contribution is -2.62. The molecule has 0 amide bonds. The van der Waals surface area contributed by atoms with Crippen LogP contribution in [0.3, 0.4) is 0 Å². The molecule has 0 bridgehead atoms. The molecule has 3 N–H and O–H groups in total. The number of hydrogen-bond donors (Lipinski definition) is 3. The third kappa shape index (κ3) is 2.33. The van der Waals surface area contributed by atoms with Gasteiger partial charge in [0.2, 0.25) is 0 Å². The monoisotopic (exact) mass is 390 g/mol. The molecule has 0 unspecified atom stereocenters. The van der Waals surface area contributed by atoms with E-state index in [9.17, 15) is 20.1 Å². The van der Waals surface area contributed by atoms with Crippen LogP contribution in [-0.2, 0) is 9.53 Å². The fraction of sp³-hybridized carbons (Fsp3) is 0.870. The van der Waals surface area contributed by atoms with Crippen molar-refractivity contribution in [1.29, 1.82) is 0 Å². The van der Waals surface area contributed by atoms with Gasteiger partial charge in [0.25, 0.3) is 0 Å². The topological polar surface area (TPSA) is 87.0 Å². The molecule has 0 aromatic heterocycles. The van der Waals surface area contributed by atoms with Crippen LogP contribution in [-0.4, -0.2) is 45.7 Å². The molecule has 4 saturated carbocycles. The van der Waals surface area contributed by atoms with E-state index >= 15 is 0 Å². The zero-order valence-corrected chi connectivity index (χ0v) is 17.1. The van der Waals surface area contributed by atoms with E-state index in [1.165, 1.54) is 6.08 Å². The molecule has 9 atom stereocenters. The third-order valence-corrected chi connectivity index (χ3v) is 9.92. The molecule has 0 radical (unpaired) electrons. The predicted molar refractivity (Wildman–Crippen MR) is 103 cm³/mol. The molecule has 28 heavy (non-hydrogen) atoms. The van der Waals surface area contributed by atoms with Crippen molar-refractivity contribution in [2.75, 3.05) is 6.61 Å². The minimum absolute atomic E-state index is 0.170. The maximum Gasteiger partial charge on any atom is 0.331 e. The summed E-state index contributed by atoms with van der Waals surface area (Å²) in [5.41, 5.74) is -0.301. The summed E-state index contributed by atoms with van der Waals surface area (Å²) in [5.74, 6) is 0.627. The summed E-state index contributed by atoms with van der Waals surface area (Å²) >= 11 is 0. The highest BCUT2D eigenvalue weighted by atomic mass is 16.5. The second kappa shape index (κ2) is 6.05. The maximum absolute atomic E-state index is 12.1. The zero-order chi connectivity index (χ0) is 19.9. The van der Waals surface area contributed by atoms with Gasteiger partial charge in [0.1, 0.15) is 6.61 Å². The Labute approximate surface area is 167 Å². The van der Waals surface area contributed by atoms with Crippen LogP contribution in [0, 0.1) is 34.5 Å². The van der Waals surface area contributed by atoms with Gasteiger partial charge in [-0.25, -0.2) is 4.79 Å². The van der Waals surface area contributed by atoms with Crippen molar-refractivity contribution in [2.24, 2.45) is 34.5 Å². The lowest BCUT2D eigenvalue weighted by atomic mass is 9.43. The Morgan fingerprint density at radius 3 is 2.57 bits per heavy atom. The number of rotatable bonds is 1. The number of hydrogen-bond acceptors (Lipinski definition) is 5. The average Bonchev–Trinajstić information content (AvgIpc) is 3.13. The van der Waals surface area contributed by atoms with Crippen LogP contribution in [0.5, 0.6) is 0 Å². The first-order valence-corrected chi connectivity index (χ1v) is 11.1. The summed E-state index contributed by atoms with van der Waals surface area (Å²) in [4.78, 5) is 11.7. The number of carbonyl (C=O) groups excluding carboxylic acids is 1. The van der Waals surface area contributed by atoms with Gasteiger partial charge in [-0.3, -0.25) is 0 Å². The van der Waals surface area contributed by atoms with E-state index in [2.05, 4.69) is 13.8 Å². The zero-order valence-electron chi connectivity index (χ0n) is 17.1. The first-order valence-electron chi connectivity index (χ1n) is 11.1. The van der Waals surface area contributed by atoms with Crippen molar-refractivity contribution in [3.8, 4) is 0 Å². The Balaban J connectivity index is 1.50. The lowest BCUT2D eigenvalue weighted by Gasteiger charge is -2.63. The number of ether oxygens (including phenoxy) is 1. The normalized spacial score (nSPS) is 55.8. The Morgan fingerprint density at radius 2 is 1.86 bits per heavy atom. The molecule has 0 spiro atoms. The number of cyclic esters (lactones) is 1. The van der Waals surface area contributed by atoms with Crippen molar-refractivity contribution >= 4 is 5.97 Å². The van der Waals surface area contributed by atoms with E-state index in [4.69, 9.17) is 4.74 Å². The van der Waals surface area contributed by atoms with E-state index in [1.54, 1.807) is 0 Å². The Hall–Kier alpha value is -0.910. The maximum atomic E-state index is 12.1. The Morgan fingerprint density at radius 1 is 1.07 bits per heavy atom. The molecule has 5 rings (SSSR count). The molecule has 156 valence electrons. The Bertz CT molecular complexity index is 718. The average molecular weight is 391 g/mol. The number of carbonyl (C=O) groups is 1. The molecule has 5 heteroatoms. The molecule has 0 saturated heterocycles. The number of fused-ring (bicyclic) bond motifs is 5. The van der Waals surface area contributed by atoms with Gasteiger partial charge < -0.3 is 20.1 Å². The van der Waals surface area contributed by atoms with Crippen LogP contribution < -0.4 is 0 Å². The van der Waals surface area contributed by atoms with Crippen LogP contribution >= 0.6 is 0 Å². The number of aliphatic hydroxyl groups is 3. The molecule has 4 fully saturated rings. The second-order valence-corrected chi connectivity index (χ2v) is 10.9. The molecular weight excluding hydrogens is 356 g/mol. The van der Waals surface area contributed by atoms with Gasteiger partial charge in [0, 0.05) is 23.8 Å². The third-order valence-electron chi connectivity index (χ3n) is 9.92. The Kier molecular flexibility index (Phi) is 4.12. The van der Waals surface area contributed by atoms with E-state index in [-0.39, 0.29) is 35.9 Å². The first kappa shape index (κ1) is 19.1. The quantitative estimate of drug-likeness (QED) is 0.599. The van der Waals surface area contributed by atoms with Gasteiger partial charge in [-0.05, 0) is 73.7 Å². The van der Waals surface area contributed by atoms with E-state index < -0.39 is 17.1 Å². The number of aliphatic hydroxyl groups excluding tert-OH is 2. The van der Waals surface area contributed by atoms with Crippen LogP contribution in [0.1, 0.15) is 65.2 Å². The van der Waals surface area contributed by atoms with E-state index in [0.29, 0.717) is 18.3 Å². The standard InChI is InChI=1S/C23H34O5/c1-21-7-5-15(24)10-14(21)3-4-17-16(21)6-8-22(2)20(13-9-19(26)28-12-13)18(25)11-23(17,22)27/h9,14-18,20,24-25,27H,3-8,10-12H2,1-2H3/t14-,15-,16+,17-,18+,20-,21+,22-,23+/m1/s1. The smallest absolute Gasteiger partial charge is 0.331 e. The van der Waals surface area contributed by atoms with Gasteiger partial charge in [0.15, 0.2) is 0 Å². The molecule has 4 aliphatic carbocycles. The molecule has 5 nitrogen and oxygen atoms in total. The summed E-state index contributed by atoms with van der Waals surface area (Å²) in [6.07, 6.45) is 7.87. The fourth-order valence-electron chi connectivity index (χ4n) is 8.47. The van der Waals surface area contributed by atoms with E-state index in [1.807, 2.05) is 0 Å². The summed E-state index contributed by atoms with van der Waals surface area (Å²) in [6.45, 7) is 4.77. The van der Waals surface area contributed by atoms with Crippen molar-refractivity contribution in [2.45, 2.75) is 83.0 Å². The minimum Gasteiger partial charge on any atom is -0.458 e. The van der Waals surface area contributed by atoms with Crippen LogP contribution in [0.4, 0.5) is 0 Å². The second-order valence-electron chi connectivity index (χ2n) is 10.9. The summed E-state index contributed by atoms with van der Waals surface area (Å²) in [7, 11) is 0. The van der Waals surface area contributed by atoms with Crippen LogP contribution in [0.2, 0.25) is 0 Å². The predicted octanol–water partition coefficient (Wildman–Crippen LogP) is 2.58. The van der Waals surface area contributed by atoms with Gasteiger partial charge in [0.05, 0.1) is 17.8 Å². The first-order chi connectivity index (χ1) is 13.2. The van der Waals surface area contributed by atoms with Gasteiger partial charge in [-0.1, -0.05) is 13.8 Å². The highest BCUT2D eigenvalue weighted by Crippen LogP contribution is 2.69. The summed E-state index contributed by atoms with van der Waals surface area (Å²) in [5, 5.41) is 33.3. The SMILES string of the molecule is C[C@]12CC[C@@H](O)C[C@H]1CC[C@@H]1[C@@H]2CC[C@]2(C)[C@H](C3=CC(=O)OC3)[C@@H](O)C[C@]12O. The van der Waals surface area contributed by atoms with Crippen molar-refractivity contribution in [3.05, 3.63) is 11.6 Å². The summed E-state index contributed by atoms with van der Waals surface area (Å²) in [6, 6.07) is 0. The van der Waals surface area contributed by atoms with Crippen molar-refractivity contribution in [1.82, 2.24) is 0 Å². The highest BCUT2D eigenvalue weighted by Gasteiger charge is 2.70. The molecule has 0 aromatic rings. The lowest BCUT2D eigenvalue weighted by molar-refractivity contribution is -0.208. The molecule has 1 heterocycles. The van der Waals surface area contributed by atoms with Crippen molar-refractivity contribution in [3.63, 3.8) is 0 Å². The molecular formula is C23H34O5. The van der Waals surface area contributed by atoms with Gasteiger partial charge >= 0.3 is 5.97 Å². The minimum atomic E-state index is -0.906. The van der Waals surface area contributed by atoms with Crippen LogP contribution in [0.25, 0.3) is 0 Å². The molecule has 5 aliphatic rings.